The zero-order chi connectivity index (χ0) is 14.9. The number of benzene rings is 1. The van der Waals surface area contributed by atoms with Gasteiger partial charge in [0.05, 0.1) is 0 Å². The maximum Gasteiger partial charge on any atom is -1.00 e. The third-order valence-corrected chi connectivity index (χ3v) is 6.57. The maximum absolute atomic E-state index is 12.3. The molecule has 0 bridgehead atoms. The Kier molecular flexibility index (Phi) is 8.71. The third kappa shape index (κ3) is 4.26. The molecule has 1 aliphatic carbocycles. The van der Waals surface area contributed by atoms with Gasteiger partial charge in [0.1, 0.15) is 0 Å². The molecule has 118 valence electrons. The van der Waals surface area contributed by atoms with Crippen LogP contribution in [0.15, 0.2) is 44.9 Å². The molecule has 0 aromatic heterocycles. The summed E-state index contributed by atoms with van der Waals surface area (Å²) in [5.74, 6) is 0.560. The Morgan fingerprint density at radius 2 is 1.64 bits per heavy atom. The Hall–Kier alpha value is -0.536. The van der Waals surface area contributed by atoms with Gasteiger partial charge in [-0.2, -0.15) is 0 Å². The molecule has 0 fully saturated rings. The van der Waals surface area contributed by atoms with E-state index in [0.29, 0.717) is 5.92 Å². The minimum Gasteiger partial charge on any atom is -1.00 e. The Morgan fingerprint density at radius 3 is 2.14 bits per heavy atom. The number of aryl methyl sites for hydroxylation is 1. The molecule has 1 N–H and O–H groups in total. The molecule has 1 aromatic carbocycles. The predicted molar refractivity (Wildman–Crippen MR) is 78.9 cm³/mol. The summed E-state index contributed by atoms with van der Waals surface area (Å²) in [6.07, 6.45) is 0. The van der Waals surface area contributed by atoms with Gasteiger partial charge in [-0.25, -0.2) is 0 Å². The average molecular weight is 374 g/mol. The number of rotatable bonds is 3. The van der Waals surface area contributed by atoms with Gasteiger partial charge in [-0.3, -0.25) is 0 Å². The zero-order valence-corrected chi connectivity index (χ0v) is 16.6. The second kappa shape index (κ2) is 8.93. The molecule has 1 atom stereocenters. The van der Waals surface area contributed by atoms with Crippen LogP contribution in [0.2, 0.25) is 0 Å². The fourth-order valence-electron chi connectivity index (χ4n) is 2.58. The molecule has 2 nitrogen and oxygen atoms in total. The monoisotopic (exact) mass is 373 g/mol. The first-order valence-electron chi connectivity index (χ1n) is 6.94. The van der Waals surface area contributed by atoms with E-state index in [0.717, 1.165) is 11.1 Å². The molecule has 22 heavy (non-hydrogen) atoms. The number of nitrogens with one attached hydrogen (secondary N) is 1. The summed E-state index contributed by atoms with van der Waals surface area (Å²) in [4.78, 5) is 12.3. The van der Waals surface area contributed by atoms with E-state index < -0.39 is 19.4 Å². The second-order valence-electron chi connectivity index (χ2n) is 5.46. The number of carbonyl (C=O) groups is 1. The van der Waals surface area contributed by atoms with Crippen LogP contribution < -0.4 is 28.6 Å². The zero-order valence-electron chi connectivity index (χ0n) is 13.6. The molecule has 1 unspecified atom stereocenters. The van der Waals surface area contributed by atoms with Gasteiger partial charge >= 0.3 is 130 Å². The first-order valence-corrected chi connectivity index (χ1v) is 8.50. The van der Waals surface area contributed by atoms with E-state index in [1.165, 1.54) is 20.6 Å². The summed E-state index contributed by atoms with van der Waals surface area (Å²) in [5, 5.41) is 0. The molecule has 0 aliphatic heterocycles. The molecule has 1 amide bonds. The molecule has 0 spiro atoms. The first-order chi connectivity index (χ1) is 9.43. The van der Waals surface area contributed by atoms with E-state index in [4.69, 9.17) is 0 Å². The van der Waals surface area contributed by atoms with Crippen molar-refractivity contribution in [3.63, 3.8) is 0 Å². The Morgan fingerprint density at radius 1 is 1.05 bits per heavy atom. The van der Waals surface area contributed by atoms with E-state index in [9.17, 15) is 4.79 Å². The molecular weight excluding hydrogens is 353 g/mol. The van der Waals surface area contributed by atoms with Crippen LogP contribution in [0.3, 0.4) is 0 Å². The van der Waals surface area contributed by atoms with Crippen LogP contribution in [0.4, 0.5) is 0 Å². The van der Waals surface area contributed by atoms with Gasteiger partial charge in [0.15, 0.2) is 0 Å². The maximum atomic E-state index is 12.3. The Bertz CT molecular complexity index is 623. The molecule has 1 aliphatic rings. The van der Waals surface area contributed by atoms with Gasteiger partial charge in [-0.15, -0.1) is 0 Å². The Labute approximate surface area is 154 Å². The number of amides is 1. The van der Waals surface area contributed by atoms with Crippen molar-refractivity contribution < 1.29 is 49.0 Å². The van der Waals surface area contributed by atoms with E-state index in [1.807, 2.05) is 31.2 Å². The first kappa shape index (κ1) is 21.5. The third-order valence-electron chi connectivity index (χ3n) is 4.34. The molecular formula is C17H21Cl2NOTi. The van der Waals surface area contributed by atoms with Crippen molar-refractivity contribution in [1.29, 1.82) is 0 Å². The van der Waals surface area contributed by atoms with Crippen LogP contribution in [-0.4, -0.2) is 5.91 Å². The summed E-state index contributed by atoms with van der Waals surface area (Å²) in [5.41, 5.74) is 6.07. The molecule has 0 saturated carbocycles. The van der Waals surface area contributed by atoms with Crippen molar-refractivity contribution in [3.05, 3.63) is 56.0 Å². The minimum atomic E-state index is -0.602. The fraction of sp³-hybridized carbons (Fsp3) is 0.353. The van der Waals surface area contributed by atoms with Crippen LogP contribution in [0, 0.1) is 12.8 Å². The standard InChI is InChI=1S/C9H13.C8H9NO.2ClH.Ti/c1-6-5-7(2)9(4)8(6)3;1-6-4-2-3-5-7(6)8(9)10;;;/h6H,1-4H3;2-5H,1H3,(H2,9,10);2*1H;/q;;;;+3/p-3. The van der Waals surface area contributed by atoms with Crippen molar-refractivity contribution >= 4 is 5.91 Å². The largest absolute Gasteiger partial charge is 1.00 e. The van der Waals surface area contributed by atoms with Gasteiger partial charge in [0.2, 0.25) is 0 Å². The molecule has 0 heterocycles. The normalized spacial score (nSPS) is 16.7. The average Bonchev–Trinajstić information content (AvgIpc) is 2.61. The smallest absolute Gasteiger partial charge is 1.00 e. The van der Waals surface area contributed by atoms with Gasteiger partial charge in [-0.1, -0.05) is 0 Å². The van der Waals surface area contributed by atoms with Crippen molar-refractivity contribution in [2.45, 2.75) is 34.6 Å². The van der Waals surface area contributed by atoms with Crippen molar-refractivity contribution in [1.82, 2.24) is 3.80 Å². The topological polar surface area (TPSA) is 29.1 Å². The summed E-state index contributed by atoms with van der Waals surface area (Å²) in [6, 6.07) is 7.75. The van der Waals surface area contributed by atoms with Crippen LogP contribution >= 0.6 is 0 Å². The molecule has 2 rings (SSSR count). The summed E-state index contributed by atoms with van der Waals surface area (Å²) in [7, 11) is 0. The van der Waals surface area contributed by atoms with E-state index in [2.05, 4.69) is 31.5 Å². The number of halogens is 2. The SMILES string of the molecule is CC1=C(C)C(C)[C]([Ti+2][NH]C(=O)c2ccccc2C)=C1C.[Cl-].[Cl-]. The van der Waals surface area contributed by atoms with Crippen molar-refractivity contribution in [2.75, 3.05) is 0 Å². The quantitative estimate of drug-likeness (QED) is 0.609. The number of carbonyl (C=O) groups excluding carboxylic acids is 1. The van der Waals surface area contributed by atoms with Gasteiger partial charge in [0, 0.05) is 0 Å². The molecule has 5 heteroatoms. The van der Waals surface area contributed by atoms with Crippen LogP contribution in [0.25, 0.3) is 0 Å². The van der Waals surface area contributed by atoms with Crippen molar-refractivity contribution in [2.24, 2.45) is 5.92 Å². The summed E-state index contributed by atoms with van der Waals surface area (Å²) in [6.45, 7) is 10.8. The van der Waals surface area contributed by atoms with Crippen LogP contribution in [-0.2, 0) is 19.4 Å². The van der Waals surface area contributed by atoms with E-state index in [1.54, 1.807) is 0 Å². The van der Waals surface area contributed by atoms with E-state index >= 15 is 0 Å². The Balaban J connectivity index is 0.00000220. The van der Waals surface area contributed by atoms with Gasteiger partial charge in [0.25, 0.3) is 0 Å². The number of hydrogen-bond donors (Lipinski definition) is 1. The minimum absolute atomic E-state index is 0. The summed E-state index contributed by atoms with van der Waals surface area (Å²) < 4.78 is 4.65. The van der Waals surface area contributed by atoms with Gasteiger partial charge in [-0.05, 0) is 0 Å². The van der Waals surface area contributed by atoms with Gasteiger partial charge < -0.3 is 24.8 Å². The summed E-state index contributed by atoms with van der Waals surface area (Å²) >= 11 is -0.602. The second-order valence-corrected chi connectivity index (χ2v) is 7.08. The number of hydrogen-bond acceptors (Lipinski definition) is 1. The molecule has 1 aromatic rings. The van der Waals surface area contributed by atoms with Crippen molar-refractivity contribution in [3.8, 4) is 0 Å². The molecule has 0 radical (unpaired) electrons. The number of allylic oxidation sites excluding steroid dienone is 4. The van der Waals surface area contributed by atoms with E-state index in [-0.39, 0.29) is 30.7 Å². The predicted octanol–water partition coefficient (Wildman–Crippen LogP) is -2.01. The molecule has 0 saturated heterocycles. The fourth-order valence-corrected chi connectivity index (χ4v) is 4.44. The van der Waals surface area contributed by atoms with Crippen LogP contribution in [0.5, 0.6) is 0 Å². The van der Waals surface area contributed by atoms with Crippen LogP contribution in [0.1, 0.15) is 43.6 Å².